The van der Waals surface area contributed by atoms with Crippen LogP contribution in [0, 0.1) is 6.92 Å². The number of hydrogen-bond donors (Lipinski definition) is 1. The molecule has 0 heterocycles. The maximum atomic E-state index is 14.2. The van der Waals surface area contributed by atoms with Crippen LogP contribution in [0.2, 0.25) is 0 Å². The molecule has 8 heteroatoms. The molecule has 0 aliphatic rings. The van der Waals surface area contributed by atoms with Crippen molar-refractivity contribution in [2.75, 3.05) is 17.1 Å². The molecule has 7 nitrogen and oxygen atoms in total. The standard InChI is InChI=1S/C33H43N3O4S/c1-24(2)34-32(38)30(21-26-13-9-8-10-14-26)35(22-27-15-11-12-25(3)20-27)31(37)23-36(41(7,39)40)29-18-16-28(17-19-29)33(4,5)6/h8-20,24,30H,21-23H2,1-7H3,(H,34,38)/t30-/m1/s1. The number of aryl methyl sites for hydroxylation is 1. The maximum Gasteiger partial charge on any atom is 0.244 e. The molecule has 0 saturated heterocycles. The Bertz CT molecular complexity index is 1430. The van der Waals surface area contributed by atoms with Crippen LogP contribution in [0.15, 0.2) is 78.9 Å². The van der Waals surface area contributed by atoms with Crippen LogP contribution in [0.3, 0.4) is 0 Å². The van der Waals surface area contributed by atoms with Gasteiger partial charge in [-0.25, -0.2) is 8.42 Å². The molecule has 0 bridgehead atoms. The van der Waals surface area contributed by atoms with E-state index in [-0.39, 0.29) is 30.3 Å². The van der Waals surface area contributed by atoms with E-state index in [1.807, 2.05) is 87.5 Å². The highest BCUT2D eigenvalue weighted by atomic mass is 32.2. The van der Waals surface area contributed by atoms with Gasteiger partial charge in [0.25, 0.3) is 0 Å². The molecule has 0 aliphatic carbocycles. The van der Waals surface area contributed by atoms with Gasteiger partial charge >= 0.3 is 0 Å². The first-order chi connectivity index (χ1) is 19.1. The van der Waals surface area contributed by atoms with Crippen LogP contribution in [-0.2, 0) is 38.0 Å². The first-order valence-corrected chi connectivity index (χ1v) is 15.8. The van der Waals surface area contributed by atoms with Gasteiger partial charge in [-0.15, -0.1) is 0 Å². The lowest BCUT2D eigenvalue weighted by atomic mass is 9.87. The second-order valence-electron chi connectivity index (χ2n) is 11.9. The fourth-order valence-electron chi connectivity index (χ4n) is 4.68. The minimum Gasteiger partial charge on any atom is -0.352 e. The van der Waals surface area contributed by atoms with Crippen LogP contribution in [0.25, 0.3) is 0 Å². The van der Waals surface area contributed by atoms with E-state index in [1.165, 1.54) is 4.90 Å². The van der Waals surface area contributed by atoms with Crippen molar-refractivity contribution in [1.82, 2.24) is 10.2 Å². The lowest BCUT2D eigenvalue weighted by Crippen LogP contribution is -2.54. The van der Waals surface area contributed by atoms with E-state index in [2.05, 4.69) is 26.1 Å². The van der Waals surface area contributed by atoms with E-state index in [0.29, 0.717) is 5.69 Å². The van der Waals surface area contributed by atoms with E-state index in [0.717, 1.165) is 32.8 Å². The van der Waals surface area contributed by atoms with Gasteiger partial charge in [-0.1, -0.05) is 93.1 Å². The summed E-state index contributed by atoms with van der Waals surface area (Å²) in [4.78, 5) is 29.3. The van der Waals surface area contributed by atoms with E-state index in [9.17, 15) is 18.0 Å². The van der Waals surface area contributed by atoms with Crippen LogP contribution in [-0.4, -0.2) is 50.0 Å². The van der Waals surface area contributed by atoms with Gasteiger partial charge < -0.3 is 10.2 Å². The van der Waals surface area contributed by atoms with Gasteiger partial charge in [0, 0.05) is 19.0 Å². The van der Waals surface area contributed by atoms with E-state index in [1.54, 1.807) is 12.1 Å². The molecule has 3 aromatic carbocycles. The molecule has 0 aliphatic heterocycles. The number of nitrogens with zero attached hydrogens (tertiary/aromatic N) is 2. The summed E-state index contributed by atoms with van der Waals surface area (Å²) in [6.45, 7) is 11.7. The zero-order chi connectivity index (χ0) is 30.4. The van der Waals surface area contributed by atoms with Gasteiger partial charge in [0.05, 0.1) is 11.9 Å². The number of nitrogens with one attached hydrogen (secondary N) is 1. The Hall–Kier alpha value is -3.65. The number of carbonyl (C=O) groups is 2. The van der Waals surface area contributed by atoms with Crippen molar-refractivity contribution in [2.45, 2.75) is 72.0 Å². The third kappa shape index (κ3) is 9.18. The van der Waals surface area contributed by atoms with E-state index < -0.39 is 28.5 Å². The molecule has 1 N–H and O–H groups in total. The highest BCUT2D eigenvalue weighted by molar-refractivity contribution is 7.92. The minimum atomic E-state index is -3.81. The molecule has 3 rings (SSSR count). The van der Waals surface area contributed by atoms with Crippen molar-refractivity contribution >= 4 is 27.5 Å². The summed E-state index contributed by atoms with van der Waals surface area (Å²) in [5.41, 5.74) is 4.12. The summed E-state index contributed by atoms with van der Waals surface area (Å²) in [6.07, 6.45) is 1.38. The lowest BCUT2D eigenvalue weighted by Gasteiger charge is -2.34. The molecule has 3 aromatic rings. The Labute approximate surface area is 245 Å². The van der Waals surface area contributed by atoms with Crippen molar-refractivity contribution in [3.63, 3.8) is 0 Å². The first kappa shape index (κ1) is 31.9. The van der Waals surface area contributed by atoms with Gasteiger partial charge in [0.15, 0.2) is 0 Å². The second kappa shape index (κ2) is 13.3. The summed E-state index contributed by atoms with van der Waals surface area (Å²) >= 11 is 0. The fraction of sp³-hybridized carbons (Fsp3) is 0.394. The van der Waals surface area contributed by atoms with Crippen molar-refractivity contribution in [2.24, 2.45) is 0 Å². The number of benzene rings is 3. The number of anilines is 1. The molecule has 0 aromatic heterocycles. The molecule has 0 spiro atoms. The zero-order valence-electron chi connectivity index (χ0n) is 25.2. The molecular weight excluding hydrogens is 534 g/mol. The SMILES string of the molecule is Cc1cccc(CN(C(=O)CN(c2ccc(C(C)(C)C)cc2)S(C)(=O)=O)[C@H](Cc2ccccc2)C(=O)NC(C)C)c1. The number of amides is 2. The number of sulfonamides is 1. The summed E-state index contributed by atoms with van der Waals surface area (Å²) < 4.78 is 27.1. The zero-order valence-corrected chi connectivity index (χ0v) is 26.0. The number of rotatable bonds is 11. The molecular formula is C33H43N3O4S. The van der Waals surface area contributed by atoms with Crippen molar-refractivity contribution in [3.05, 3.63) is 101 Å². The molecule has 0 unspecified atom stereocenters. The van der Waals surface area contributed by atoms with Crippen LogP contribution in [0.5, 0.6) is 0 Å². The van der Waals surface area contributed by atoms with Crippen LogP contribution >= 0.6 is 0 Å². The predicted octanol–water partition coefficient (Wildman–Crippen LogP) is 5.22. The molecule has 41 heavy (non-hydrogen) atoms. The molecule has 220 valence electrons. The van der Waals surface area contributed by atoms with Crippen molar-refractivity contribution < 1.29 is 18.0 Å². The Morgan fingerprint density at radius 1 is 0.878 bits per heavy atom. The number of hydrogen-bond acceptors (Lipinski definition) is 4. The topological polar surface area (TPSA) is 86.8 Å². The predicted molar refractivity (Wildman–Crippen MR) is 166 cm³/mol. The Kier molecular flexibility index (Phi) is 10.4. The Balaban J connectivity index is 2.05. The summed E-state index contributed by atoms with van der Waals surface area (Å²) in [5, 5.41) is 2.97. The van der Waals surface area contributed by atoms with Gasteiger partial charge in [-0.3, -0.25) is 13.9 Å². The third-order valence-corrected chi connectivity index (χ3v) is 7.98. The largest absolute Gasteiger partial charge is 0.352 e. The normalized spacial score (nSPS) is 12.6. The van der Waals surface area contributed by atoms with Crippen LogP contribution in [0.4, 0.5) is 5.69 Å². The summed E-state index contributed by atoms with van der Waals surface area (Å²) in [7, 11) is -3.81. The fourth-order valence-corrected chi connectivity index (χ4v) is 5.53. The van der Waals surface area contributed by atoms with E-state index in [4.69, 9.17) is 0 Å². The highest BCUT2D eigenvalue weighted by Crippen LogP contribution is 2.26. The Morgan fingerprint density at radius 3 is 2.02 bits per heavy atom. The highest BCUT2D eigenvalue weighted by Gasteiger charge is 2.33. The van der Waals surface area contributed by atoms with Crippen molar-refractivity contribution in [3.8, 4) is 0 Å². The molecule has 0 saturated carbocycles. The number of carbonyl (C=O) groups excluding carboxylic acids is 2. The van der Waals surface area contributed by atoms with Crippen LogP contribution in [0.1, 0.15) is 56.9 Å². The molecule has 2 amide bonds. The molecule has 1 atom stereocenters. The lowest BCUT2D eigenvalue weighted by molar-refractivity contribution is -0.140. The van der Waals surface area contributed by atoms with Crippen molar-refractivity contribution in [1.29, 1.82) is 0 Å². The quantitative estimate of drug-likeness (QED) is 0.338. The minimum absolute atomic E-state index is 0.108. The summed E-state index contributed by atoms with van der Waals surface area (Å²) in [6, 6.07) is 23.5. The first-order valence-electron chi connectivity index (χ1n) is 13.9. The van der Waals surface area contributed by atoms with Crippen LogP contribution < -0.4 is 9.62 Å². The van der Waals surface area contributed by atoms with Gasteiger partial charge in [0.2, 0.25) is 21.8 Å². The monoisotopic (exact) mass is 577 g/mol. The van der Waals surface area contributed by atoms with Gasteiger partial charge in [-0.05, 0) is 55.0 Å². The molecule has 0 radical (unpaired) electrons. The average Bonchev–Trinajstić information content (AvgIpc) is 2.88. The Morgan fingerprint density at radius 2 is 1.49 bits per heavy atom. The van der Waals surface area contributed by atoms with Gasteiger partial charge in [-0.2, -0.15) is 0 Å². The summed E-state index contributed by atoms with van der Waals surface area (Å²) in [5.74, 6) is -0.748. The molecule has 0 fully saturated rings. The smallest absolute Gasteiger partial charge is 0.244 e. The van der Waals surface area contributed by atoms with E-state index >= 15 is 0 Å². The third-order valence-electron chi connectivity index (χ3n) is 6.84. The van der Waals surface area contributed by atoms with Gasteiger partial charge in [0.1, 0.15) is 12.6 Å². The maximum absolute atomic E-state index is 14.2. The second-order valence-corrected chi connectivity index (χ2v) is 13.9. The average molecular weight is 578 g/mol.